The van der Waals surface area contributed by atoms with Crippen molar-refractivity contribution in [2.45, 2.75) is 0 Å². The fourth-order valence-electron chi connectivity index (χ4n) is 1.49. The summed E-state index contributed by atoms with van der Waals surface area (Å²) in [7, 11) is 0. The molecular weight excluding hydrogens is 267 g/mol. The normalized spacial score (nSPS) is 10.5. The molecule has 1 aromatic heterocycles. The Kier molecular flexibility index (Phi) is 3.06. The fourth-order valence-corrected chi connectivity index (χ4v) is 2.08. The lowest BCUT2D eigenvalue weighted by Crippen LogP contribution is -2.22. The van der Waals surface area contributed by atoms with Gasteiger partial charge in [0, 0.05) is 11.1 Å². The van der Waals surface area contributed by atoms with Gasteiger partial charge in [0.25, 0.3) is 5.91 Å². The zero-order valence-corrected chi connectivity index (χ0v) is 9.76. The van der Waals surface area contributed by atoms with Gasteiger partial charge in [0.1, 0.15) is 5.69 Å². The molecule has 0 saturated heterocycles. The molecule has 1 aromatic carbocycles. The lowest BCUT2D eigenvalue weighted by Gasteiger charge is -2.04. The number of pyridine rings is 1. The Morgan fingerprint density at radius 3 is 2.65 bits per heavy atom. The second kappa shape index (κ2) is 4.37. The minimum absolute atomic E-state index is 0.0802. The van der Waals surface area contributed by atoms with Gasteiger partial charge in [-0.15, -0.1) is 0 Å². The van der Waals surface area contributed by atoms with Crippen LogP contribution < -0.4 is 10.9 Å². The van der Waals surface area contributed by atoms with Gasteiger partial charge in [0.2, 0.25) is 0 Å². The van der Waals surface area contributed by atoms with Crippen LogP contribution in [0.15, 0.2) is 23.0 Å². The molecule has 0 aliphatic rings. The Morgan fingerprint density at radius 1 is 1.29 bits per heavy atom. The lowest BCUT2D eigenvalue weighted by molar-refractivity contribution is 0.0701. The van der Waals surface area contributed by atoms with E-state index in [1.165, 1.54) is 17.6 Å². The number of amides is 1. The first-order valence-electron chi connectivity index (χ1n) is 4.49. The van der Waals surface area contributed by atoms with E-state index in [4.69, 9.17) is 28.4 Å². The maximum absolute atomic E-state index is 11.7. The third-order valence-electron chi connectivity index (χ3n) is 2.19. The van der Waals surface area contributed by atoms with Gasteiger partial charge in [0.15, 0.2) is 5.43 Å². The van der Waals surface area contributed by atoms with Crippen molar-refractivity contribution in [3.05, 3.63) is 44.2 Å². The number of benzene rings is 1. The highest BCUT2D eigenvalue weighted by molar-refractivity contribution is 6.38. The van der Waals surface area contributed by atoms with Crippen LogP contribution in [0.2, 0.25) is 10.0 Å². The van der Waals surface area contributed by atoms with Crippen molar-refractivity contribution in [2.24, 2.45) is 0 Å². The third-order valence-corrected chi connectivity index (χ3v) is 2.71. The number of hydrogen-bond donors (Lipinski definition) is 3. The molecule has 3 N–H and O–H groups in total. The number of carbonyl (C=O) groups excluding carboxylic acids is 1. The van der Waals surface area contributed by atoms with Crippen molar-refractivity contribution in [1.29, 1.82) is 0 Å². The number of carbonyl (C=O) groups is 1. The molecular formula is C10H6Cl2N2O3. The van der Waals surface area contributed by atoms with E-state index in [-0.39, 0.29) is 16.1 Å². The van der Waals surface area contributed by atoms with E-state index >= 15 is 0 Å². The largest absolute Gasteiger partial charge is 0.350 e. The van der Waals surface area contributed by atoms with E-state index in [0.29, 0.717) is 10.5 Å². The summed E-state index contributed by atoms with van der Waals surface area (Å²) in [6.45, 7) is 0. The molecule has 0 bridgehead atoms. The highest BCUT2D eigenvalue weighted by Gasteiger charge is 2.11. The van der Waals surface area contributed by atoms with E-state index in [2.05, 4.69) is 4.98 Å². The molecule has 0 aliphatic heterocycles. The van der Waals surface area contributed by atoms with E-state index in [0.717, 1.165) is 6.07 Å². The first-order valence-corrected chi connectivity index (χ1v) is 5.25. The maximum Gasteiger partial charge on any atom is 0.291 e. The molecule has 0 spiro atoms. The van der Waals surface area contributed by atoms with Crippen molar-refractivity contribution < 1.29 is 10.0 Å². The van der Waals surface area contributed by atoms with Crippen LogP contribution in [-0.2, 0) is 0 Å². The van der Waals surface area contributed by atoms with E-state index in [1.807, 2.05) is 0 Å². The summed E-state index contributed by atoms with van der Waals surface area (Å²) in [5, 5.41) is 9.26. The molecule has 0 saturated carbocycles. The fraction of sp³-hybridized carbons (Fsp3) is 0. The van der Waals surface area contributed by atoms with Crippen molar-refractivity contribution in [3.63, 3.8) is 0 Å². The zero-order valence-electron chi connectivity index (χ0n) is 8.25. The van der Waals surface area contributed by atoms with Crippen molar-refractivity contribution >= 4 is 40.0 Å². The van der Waals surface area contributed by atoms with Crippen LogP contribution in [0.4, 0.5) is 0 Å². The summed E-state index contributed by atoms with van der Waals surface area (Å²) in [6, 6.07) is 3.96. The highest BCUT2D eigenvalue weighted by Crippen LogP contribution is 2.24. The molecule has 0 atom stereocenters. The van der Waals surface area contributed by atoms with Crippen LogP contribution in [0.1, 0.15) is 10.5 Å². The molecule has 0 aliphatic carbocycles. The predicted molar refractivity (Wildman–Crippen MR) is 63.8 cm³/mol. The van der Waals surface area contributed by atoms with Crippen LogP contribution in [0.25, 0.3) is 10.9 Å². The monoisotopic (exact) mass is 272 g/mol. The smallest absolute Gasteiger partial charge is 0.291 e. The molecule has 88 valence electrons. The van der Waals surface area contributed by atoms with Crippen LogP contribution in [0, 0.1) is 0 Å². The van der Waals surface area contributed by atoms with Gasteiger partial charge in [-0.05, 0) is 12.1 Å². The van der Waals surface area contributed by atoms with Gasteiger partial charge in [-0.3, -0.25) is 14.8 Å². The van der Waals surface area contributed by atoms with Gasteiger partial charge >= 0.3 is 0 Å². The summed E-state index contributed by atoms with van der Waals surface area (Å²) in [4.78, 5) is 25.6. The Labute approximate surface area is 105 Å². The number of aromatic nitrogens is 1. The van der Waals surface area contributed by atoms with Gasteiger partial charge < -0.3 is 4.98 Å². The Bertz CT molecular complexity index is 666. The summed E-state index contributed by atoms with van der Waals surface area (Å²) in [5.74, 6) is -0.819. The predicted octanol–water partition coefficient (Wildman–Crippen LogP) is 1.95. The number of rotatable bonds is 1. The molecule has 1 amide bonds. The summed E-state index contributed by atoms with van der Waals surface area (Å²) >= 11 is 11.7. The number of aromatic amines is 1. The molecule has 7 heteroatoms. The minimum Gasteiger partial charge on any atom is -0.350 e. The van der Waals surface area contributed by atoms with Crippen molar-refractivity contribution in [2.75, 3.05) is 0 Å². The van der Waals surface area contributed by atoms with Crippen LogP contribution in [0.3, 0.4) is 0 Å². The molecule has 2 aromatic rings. The van der Waals surface area contributed by atoms with Gasteiger partial charge in [-0.25, -0.2) is 5.48 Å². The topological polar surface area (TPSA) is 82.2 Å². The Morgan fingerprint density at radius 2 is 2.00 bits per heavy atom. The number of halogens is 2. The molecule has 17 heavy (non-hydrogen) atoms. The van der Waals surface area contributed by atoms with E-state index < -0.39 is 11.3 Å². The number of hydrogen-bond acceptors (Lipinski definition) is 3. The summed E-state index contributed by atoms with van der Waals surface area (Å²) in [5.41, 5.74) is 1.24. The van der Waals surface area contributed by atoms with Gasteiger partial charge in [-0.1, -0.05) is 23.2 Å². The number of fused-ring (bicyclic) bond motifs is 1. The molecule has 0 radical (unpaired) electrons. The maximum atomic E-state index is 11.7. The minimum atomic E-state index is -0.819. The Balaban J connectivity index is 2.82. The molecule has 0 fully saturated rings. The first kappa shape index (κ1) is 11.9. The molecule has 0 unspecified atom stereocenters. The second-order valence-electron chi connectivity index (χ2n) is 3.30. The lowest BCUT2D eigenvalue weighted by atomic mass is 10.2. The average molecular weight is 273 g/mol. The standard InChI is InChI=1S/C10H6Cl2N2O3/c11-4-1-5(12)9-6(2-4)13-7(3-8(9)15)10(16)14-17/h1-3,17H,(H,13,15)(H,14,16). The Hall–Kier alpha value is -1.56. The number of H-pyrrole nitrogens is 1. The number of nitrogens with one attached hydrogen (secondary N) is 2. The summed E-state index contributed by atoms with van der Waals surface area (Å²) in [6.07, 6.45) is 0. The molecule has 2 rings (SSSR count). The van der Waals surface area contributed by atoms with Crippen LogP contribution >= 0.6 is 23.2 Å². The van der Waals surface area contributed by atoms with Gasteiger partial charge in [0.05, 0.1) is 15.9 Å². The number of hydroxylamine groups is 1. The van der Waals surface area contributed by atoms with Crippen molar-refractivity contribution in [3.8, 4) is 0 Å². The quantitative estimate of drug-likeness (QED) is 0.548. The zero-order chi connectivity index (χ0) is 12.6. The van der Waals surface area contributed by atoms with Crippen LogP contribution in [0.5, 0.6) is 0 Å². The highest BCUT2D eigenvalue weighted by atomic mass is 35.5. The molecule has 1 heterocycles. The summed E-state index contributed by atoms with van der Waals surface area (Å²) < 4.78 is 0. The van der Waals surface area contributed by atoms with Gasteiger partial charge in [-0.2, -0.15) is 0 Å². The van der Waals surface area contributed by atoms with E-state index in [1.54, 1.807) is 0 Å². The van der Waals surface area contributed by atoms with E-state index in [9.17, 15) is 9.59 Å². The second-order valence-corrected chi connectivity index (χ2v) is 4.14. The van der Waals surface area contributed by atoms with Crippen LogP contribution in [-0.4, -0.2) is 16.1 Å². The third kappa shape index (κ3) is 2.12. The average Bonchev–Trinajstić information content (AvgIpc) is 2.26. The SMILES string of the molecule is O=C(NO)c1cc(=O)c2c(Cl)cc(Cl)cc2[nH]1. The van der Waals surface area contributed by atoms with Crippen molar-refractivity contribution in [1.82, 2.24) is 10.5 Å². The molecule has 5 nitrogen and oxygen atoms in total. The first-order chi connectivity index (χ1) is 8.02.